The van der Waals surface area contributed by atoms with E-state index in [0.29, 0.717) is 0 Å². The Labute approximate surface area is 211 Å². The molecule has 1 rings (SSSR count). The minimum atomic E-state index is -1.45. The number of benzene rings is 1. The maximum Gasteiger partial charge on any atom is 0.408 e. The summed E-state index contributed by atoms with van der Waals surface area (Å²) in [4.78, 5) is 50.3. The molecule has 4 atom stereocenters. The molecule has 36 heavy (non-hydrogen) atoms. The zero-order valence-electron chi connectivity index (χ0n) is 21.7. The van der Waals surface area contributed by atoms with Crippen LogP contribution in [0.1, 0.15) is 53.5 Å². The summed E-state index contributed by atoms with van der Waals surface area (Å²) in [6.07, 6.45) is -1.87. The number of ether oxygens (including phenoxy) is 2. The fourth-order valence-electron chi connectivity index (χ4n) is 3.07. The number of amides is 3. The summed E-state index contributed by atoms with van der Waals surface area (Å²) in [6.45, 7) is 9.18. The van der Waals surface area contributed by atoms with E-state index in [-0.39, 0.29) is 18.9 Å². The van der Waals surface area contributed by atoms with Gasteiger partial charge in [0, 0.05) is 0 Å². The van der Waals surface area contributed by atoms with Gasteiger partial charge in [-0.3, -0.25) is 9.59 Å². The van der Waals surface area contributed by atoms with E-state index in [9.17, 15) is 29.4 Å². The summed E-state index contributed by atoms with van der Waals surface area (Å²) in [5.41, 5.74) is -0.0580. The normalized spacial score (nSPS) is 14.7. The molecule has 0 radical (unpaired) electrons. The Hall–Kier alpha value is -3.18. The molecule has 0 bridgehead atoms. The van der Waals surface area contributed by atoms with Crippen LogP contribution in [-0.4, -0.2) is 70.5 Å². The lowest BCUT2D eigenvalue weighted by molar-refractivity contribution is -0.152. The van der Waals surface area contributed by atoms with E-state index in [2.05, 4.69) is 16.0 Å². The summed E-state index contributed by atoms with van der Waals surface area (Å²) >= 11 is 0. The second-order valence-electron chi connectivity index (χ2n) is 9.89. The fourth-order valence-corrected chi connectivity index (χ4v) is 3.07. The first-order valence-electron chi connectivity index (χ1n) is 11.8. The van der Waals surface area contributed by atoms with Gasteiger partial charge in [0.15, 0.2) is 6.04 Å². The largest absolute Gasteiger partial charge is 0.459 e. The molecule has 0 fully saturated rings. The van der Waals surface area contributed by atoms with E-state index >= 15 is 0 Å². The molecule has 1 aromatic rings. The topological polar surface area (TPSA) is 163 Å². The van der Waals surface area contributed by atoms with Gasteiger partial charge in [0.25, 0.3) is 0 Å². The van der Waals surface area contributed by atoms with Crippen LogP contribution in [0.25, 0.3) is 0 Å². The minimum absolute atomic E-state index is 0.0103. The van der Waals surface area contributed by atoms with Crippen LogP contribution in [0.3, 0.4) is 0 Å². The van der Waals surface area contributed by atoms with Crippen molar-refractivity contribution in [3.63, 3.8) is 0 Å². The van der Waals surface area contributed by atoms with Crippen molar-refractivity contribution in [1.29, 1.82) is 0 Å². The lowest BCUT2D eigenvalue weighted by Gasteiger charge is -2.26. The van der Waals surface area contributed by atoms with Gasteiger partial charge in [-0.15, -0.1) is 0 Å². The number of hydrogen-bond acceptors (Lipinski definition) is 8. The number of nitrogens with one attached hydrogen (secondary N) is 3. The van der Waals surface area contributed by atoms with E-state index in [0.717, 1.165) is 5.56 Å². The maximum atomic E-state index is 12.9. The molecule has 0 unspecified atom stereocenters. The Morgan fingerprint density at radius 2 is 1.50 bits per heavy atom. The SMILES string of the molecule is CC(C)C[C@H](NC(=O)OC(C)(C)C)C(=O)N[C@@H](CO)C(=O)N[C@H](C(=O)OCc1ccccc1)[C@@H](C)O. The van der Waals surface area contributed by atoms with E-state index in [1.165, 1.54) is 6.92 Å². The van der Waals surface area contributed by atoms with E-state index < -0.39 is 60.3 Å². The summed E-state index contributed by atoms with van der Waals surface area (Å²) in [5.74, 6) is -2.50. The van der Waals surface area contributed by atoms with Gasteiger partial charge >= 0.3 is 12.1 Å². The van der Waals surface area contributed by atoms with Gasteiger partial charge in [-0.2, -0.15) is 0 Å². The zero-order chi connectivity index (χ0) is 27.5. The van der Waals surface area contributed by atoms with Crippen molar-refractivity contribution < 1.29 is 38.9 Å². The first-order valence-corrected chi connectivity index (χ1v) is 11.8. The third kappa shape index (κ3) is 11.5. The minimum Gasteiger partial charge on any atom is -0.459 e. The predicted molar refractivity (Wildman–Crippen MR) is 131 cm³/mol. The first kappa shape index (κ1) is 30.9. The molecule has 0 saturated heterocycles. The van der Waals surface area contributed by atoms with Crippen LogP contribution in [0.15, 0.2) is 30.3 Å². The second-order valence-corrected chi connectivity index (χ2v) is 9.89. The van der Waals surface area contributed by atoms with Crippen molar-refractivity contribution >= 4 is 23.9 Å². The highest BCUT2D eigenvalue weighted by Crippen LogP contribution is 2.10. The molecule has 0 spiro atoms. The van der Waals surface area contributed by atoms with Crippen LogP contribution < -0.4 is 16.0 Å². The lowest BCUT2D eigenvalue weighted by atomic mass is 10.0. The Morgan fingerprint density at radius 1 is 0.917 bits per heavy atom. The van der Waals surface area contributed by atoms with Crippen molar-refractivity contribution in [3.8, 4) is 0 Å². The number of aliphatic hydroxyl groups is 2. The summed E-state index contributed by atoms with van der Waals surface area (Å²) in [6, 6.07) is 4.94. The molecule has 11 heteroatoms. The van der Waals surface area contributed by atoms with Gasteiger partial charge in [-0.1, -0.05) is 44.2 Å². The average molecular weight is 510 g/mol. The molecular formula is C25H39N3O8. The molecule has 0 aromatic heterocycles. The number of alkyl carbamates (subject to hydrolysis) is 1. The highest BCUT2D eigenvalue weighted by atomic mass is 16.6. The smallest absolute Gasteiger partial charge is 0.408 e. The van der Waals surface area contributed by atoms with Gasteiger partial charge in [0.1, 0.15) is 24.3 Å². The van der Waals surface area contributed by atoms with Gasteiger partial charge in [0.05, 0.1) is 12.7 Å². The van der Waals surface area contributed by atoms with Gasteiger partial charge in [0.2, 0.25) is 11.8 Å². The van der Waals surface area contributed by atoms with E-state index in [1.54, 1.807) is 45.0 Å². The number of carbonyl (C=O) groups is 4. The number of esters is 1. The third-order valence-corrected chi connectivity index (χ3v) is 4.79. The average Bonchev–Trinajstić information content (AvgIpc) is 2.77. The molecule has 0 aliphatic heterocycles. The maximum absolute atomic E-state index is 12.9. The van der Waals surface area contributed by atoms with E-state index in [1.807, 2.05) is 19.9 Å². The Kier molecular flexibility index (Phi) is 12.3. The molecular weight excluding hydrogens is 470 g/mol. The summed E-state index contributed by atoms with van der Waals surface area (Å²) < 4.78 is 10.4. The fraction of sp³-hybridized carbons (Fsp3) is 0.600. The van der Waals surface area contributed by atoms with Gasteiger partial charge < -0.3 is 35.6 Å². The van der Waals surface area contributed by atoms with Crippen molar-refractivity contribution in [3.05, 3.63) is 35.9 Å². The van der Waals surface area contributed by atoms with Crippen LogP contribution >= 0.6 is 0 Å². The monoisotopic (exact) mass is 509 g/mol. The second kappa shape index (κ2) is 14.4. The van der Waals surface area contributed by atoms with Crippen LogP contribution in [0.4, 0.5) is 4.79 Å². The van der Waals surface area contributed by atoms with Crippen LogP contribution in [-0.2, 0) is 30.5 Å². The zero-order valence-corrected chi connectivity index (χ0v) is 21.7. The molecule has 0 aliphatic rings. The molecule has 11 nitrogen and oxygen atoms in total. The molecule has 202 valence electrons. The Morgan fingerprint density at radius 3 is 2.00 bits per heavy atom. The van der Waals surface area contributed by atoms with Crippen molar-refractivity contribution in [1.82, 2.24) is 16.0 Å². The first-order chi connectivity index (χ1) is 16.7. The van der Waals surface area contributed by atoms with Crippen LogP contribution in [0.5, 0.6) is 0 Å². The number of carbonyl (C=O) groups excluding carboxylic acids is 4. The molecule has 3 amide bonds. The van der Waals surface area contributed by atoms with Crippen LogP contribution in [0, 0.1) is 5.92 Å². The number of aliphatic hydroxyl groups excluding tert-OH is 2. The van der Waals surface area contributed by atoms with E-state index in [4.69, 9.17) is 9.47 Å². The molecule has 0 saturated carbocycles. The molecule has 0 aliphatic carbocycles. The lowest BCUT2D eigenvalue weighted by Crippen LogP contribution is -2.59. The van der Waals surface area contributed by atoms with Crippen LogP contribution in [0.2, 0.25) is 0 Å². The summed E-state index contributed by atoms with van der Waals surface area (Å²) in [5, 5.41) is 26.9. The highest BCUT2D eigenvalue weighted by molar-refractivity contribution is 5.93. The molecule has 5 N–H and O–H groups in total. The van der Waals surface area contributed by atoms with Crippen molar-refractivity contribution in [2.45, 2.75) is 84.4 Å². The molecule has 1 aromatic carbocycles. The highest BCUT2D eigenvalue weighted by Gasteiger charge is 2.32. The number of rotatable bonds is 12. The quantitative estimate of drug-likeness (QED) is 0.261. The van der Waals surface area contributed by atoms with Gasteiger partial charge in [-0.05, 0) is 45.6 Å². The van der Waals surface area contributed by atoms with Crippen molar-refractivity contribution in [2.24, 2.45) is 5.92 Å². The van der Waals surface area contributed by atoms with Gasteiger partial charge in [-0.25, -0.2) is 9.59 Å². The van der Waals surface area contributed by atoms with Crippen molar-refractivity contribution in [2.75, 3.05) is 6.61 Å². The third-order valence-electron chi connectivity index (χ3n) is 4.79. The Balaban J connectivity index is 2.83. The predicted octanol–water partition coefficient (Wildman–Crippen LogP) is 1.01. The standard InChI is InChI=1S/C25H39N3O8/c1-15(2)12-18(27-24(34)36-25(4,5)6)21(31)26-19(13-29)22(32)28-20(16(3)30)23(33)35-14-17-10-8-7-9-11-17/h7-11,15-16,18-20,29-30H,12-14H2,1-6H3,(H,26,31)(H,27,34)(H,28,32)/t16-,18+,19+,20+/m1/s1. The molecule has 0 heterocycles. The Bertz CT molecular complexity index is 868. The summed E-state index contributed by atoms with van der Waals surface area (Å²) in [7, 11) is 0. The number of hydrogen-bond donors (Lipinski definition) is 5.